The van der Waals surface area contributed by atoms with Crippen LogP contribution in [0.15, 0.2) is 30.0 Å². The quantitative estimate of drug-likeness (QED) is 0.482. The number of rotatable bonds is 6. The molecular formula is C19H24N2O3. The van der Waals surface area contributed by atoms with Crippen molar-refractivity contribution in [2.45, 2.75) is 40.5 Å². The minimum atomic E-state index is -0.632. The molecule has 0 saturated heterocycles. The zero-order valence-corrected chi connectivity index (χ0v) is 14.7. The number of ether oxygens (including phenoxy) is 1. The van der Waals surface area contributed by atoms with Gasteiger partial charge in [-0.15, -0.1) is 0 Å². The largest absolute Gasteiger partial charge is 0.471 e. The van der Waals surface area contributed by atoms with E-state index >= 15 is 0 Å². The number of hydrogen-bond acceptors (Lipinski definition) is 3. The second kappa shape index (κ2) is 8.88. The first-order valence-corrected chi connectivity index (χ1v) is 7.91. The molecule has 0 aliphatic carbocycles. The molecule has 5 nitrogen and oxygen atoms in total. The van der Waals surface area contributed by atoms with E-state index in [0.717, 1.165) is 6.42 Å². The van der Waals surface area contributed by atoms with Crippen LogP contribution in [0.25, 0.3) is 10.9 Å². The molecular weight excluding hydrogens is 304 g/mol. The average molecular weight is 328 g/mol. The highest BCUT2D eigenvalue weighted by molar-refractivity contribution is 5.95. The number of carbonyl (C=O) groups is 2. The Labute approximate surface area is 143 Å². The zero-order valence-electron chi connectivity index (χ0n) is 14.7. The molecule has 0 spiro atoms. The molecule has 0 bridgehead atoms. The molecule has 0 aliphatic rings. The van der Waals surface area contributed by atoms with Crippen LogP contribution in [0.3, 0.4) is 0 Å². The second-order valence-corrected chi connectivity index (χ2v) is 6.59. The number of nitrogens with one attached hydrogen (secondary N) is 1. The van der Waals surface area contributed by atoms with Gasteiger partial charge in [-0.1, -0.05) is 32.9 Å². The molecule has 0 unspecified atom stereocenters. The summed E-state index contributed by atoms with van der Waals surface area (Å²) >= 11 is 0. The van der Waals surface area contributed by atoms with Crippen LogP contribution in [0.1, 0.15) is 46.1 Å². The maximum absolute atomic E-state index is 11.9. The fourth-order valence-corrected chi connectivity index (χ4v) is 1.87. The number of anilines is 1. The van der Waals surface area contributed by atoms with E-state index in [4.69, 9.17) is 11.3 Å². The molecule has 0 aliphatic heterocycles. The first kappa shape index (κ1) is 19.4. The number of esters is 1. The molecule has 1 aromatic rings. The average Bonchev–Trinajstić information content (AvgIpc) is 2.51. The summed E-state index contributed by atoms with van der Waals surface area (Å²) in [5.74, 6) is -0.659. The van der Waals surface area contributed by atoms with Gasteiger partial charge in [0.2, 0.25) is 5.91 Å². The molecule has 0 radical (unpaired) electrons. The van der Waals surface area contributed by atoms with Crippen LogP contribution in [0.5, 0.6) is 0 Å². The third kappa shape index (κ3) is 7.10. The lowest BCUT2D eigenvalue weighted by Crippen LogP contribution is -2.15. The van der Waals surface area contributed by atoms with Crippen LogP contribution in [0.4, 0.5) is 5.69 Å². The standard InChI is InChI=1S/C19H24N2O3/c1-6-24-18(23)16(20-5)13-14-7-9-15(10-8-14)21-17(22)11-12-19(2,3)4/h7-10,13H,6,11-12H2,1-4H3,(H,21,22). The molecule has 0 aromatic heterocycles. The van der Waals surface area contributed by atoms with Gasteiger partial charge in [-0.3, -0.25) is 9.59 Å². The maximum atomic E-state index is 11.9. The Balaban J connectivity index is 2.70. The molecule has 24 heavy (non-hydrogen) atoms. The Bertz CT molecular complexity index is 647. The van der Waals surface area contributed by atoms with Gasteiger partial charge in [-0.2, -0.15) is 0 Å². The first-order valence-electron chi connectivity index (χ1n) is 7.91. The van der Waals surface area contributed by atoms with Crippen molar-refractivity contribution < 1.29 is 14.3 Å². The Hall–Kier alpha value is -2.61. The van der Waals surface area contributed by atoms with Crippen LogP contribution in [0, 0.1) is 12.0 Å². The van der Waals surface area contributed by atoms with Gasteiger partial charge in [0.15, 0.2) is 0 Å². The van der Waals surface area contributed by atoms with E-state index in [1.807, 2.05) is 0 Å². The Kier molecular flexibility index (Phi) is 7.19. The normalized spacial score (nSPS) is 11.5. The van der Waals surface area contributed by atoms with Gasteiger partial charge in [-0.25, -0.2) is 4.85 Å². The van der Waals surface area contributed by atoms with Crippen LogP contribution in [-0.4, -0.2) is 18.5 Å². The van der Waals surface area contributed by atoms with Crippen LogP contribution >= 0.6 is 0 Å². The van der Waals surface area contributed by atoms with E-state index in [0.29, 0.717) is 17.7 Å². The lowest BCUT2D eigenvalue weighted by atomic mass is 9.90. The van der Waals surface area contributed by atoms with E-state index in [-0.39, 0.29) is 23.6 Å². The van der Waals surface area contributed by atoms with Gasteiger partial charge in [-0.05, 0) is 42.5 Å². The van der Waals surface area contributed by atoms with Crippen LogP contribution < -0.4 is 5.32 Å². The fraction of sp³-hybridized carbons (Fsp3) is 0.421. The highest BCUT2D eigenvalue weighted by atomic mass is 16.5. The number of benzene rings is 1. The van der Waals surface area contributed by atoms with E-state index in [2.05, 4.69) is 30.9 Å². The van der Waals surface area contributed by atoms with E-state index < -0.39 is 5.97 Å². The topological polar surface area (TPSA) is 59.8 Å². The lowest BCUT2D eigenvalue weighted by molar-refractivity contribution is -0.138. The van der Waals surface area contributed by atoms with E-state index in [1.54, 1.807) is 31.2 Å². The van der Waals surface area contributed by atoms with Crippen molar-refractivity contribution in [2.75, 3.05) is 11.9 Å². The summed E-state index contributed by atoms with van der Waals surface area (Å²) < 4.78 is 4.82. The molecule has 0 atom stereocenters. The monoisotopic (exact) mass is 328 g/mol. The number of hydrogen-bond donors (Lipinski definition) is 1. The van der Waals surface area contributed by atoms with Crippen LogP contribution in [0.2, 0.25) is 0 Å². The van der Waals surface area contributed by atoms with Crippen molar-refractivity contribution in [1.29, 1.82) is 0 Å². The molecule has 1 N–H and O–H groups in total. The summed E-state index contributed by atoms with van der Waals surface area (Å²) in [6, 6.07) is 6.97. The summed E-state index contributed by atoms with van der Waals surface area (Å²) in [7, 11) is 0. The minimum absolute atomic E-state index is 0.0263. The summed E-state index contributed by atoms with van der Waals surface area (Å²) in [6.07, 6.45) is 2.75. The summed E-state index contributed by atoms with van der Waals surface area (Å²) in [4.78, 5) is 26.7. The Morgan fingerprint density at radius 1 is 1.25 bits per heavy atom. The van der Waals surface area contributed by atoms with Crippen molar-refractivity contribution in [3.63, 3.8) is 0 Å². The predicted molar refractivity (Wildman–Crippen MR) is 95.0 cm³/mol. The summed E-state index contributed by atoms with van der Waals surface area (Å²) in [6.45, 7) is 15.3. The molecule has 1 aromatic carbocycles. The molecule has 0 heterocycles. The highest BCUT2D eigenvalue weighted by Crippen LogP contribution is 2.21. The molecule has 1 rings (SSSR count). The van der Waals surface area contributed by atoms with Gasteiger partial charge in [0, 0.05) is 12.1 Å². The van der Waals surface area contributed by atoms with Crippen LogP contribution in [-0.2, 0) is 14.3 Å². The van der Waals surface area contributed by atoms with Crippen molar-refractivity contribution in [3.05, 3.63) is 46.9 Å². The molecule has 0 fully saturated rings. The summed E-state index contributed by atoms with van der Waals surface area (Å²) in [5, 5.41) is 2.84. The molecule has 128 valence electrons. The summed E-state index contributed by atoms with van der Waals surface area (Å²) in [5.41, 5.74) is 1.43. The zero-order chi connectivity index (χ0) is 18.2. The highest BCUT2D eigenvalue weighted by Gasteiger charge is 2.13. The number of carbonyl (C=O) groups excluding carboxylic acids is 2. The van der Waals surface area contributed by atoms with E-state index in [1.165, 1.54) is 6.08 Å². The smallest absolute Gasteiger partial charge is 0.336 e. The maximum Gasteiger partial charge on any atom is 0.336 e. The van der Waals surface area contributed by atoms with Crippen molar-refractivity contribution in [1.82, 2.24) is 0 Å². The van der Waals surface area contributed by atoms with Gasteiger partial charge in [0.25, 0.3) is 5.70 Å². The number of nitrogens with zero attached hydrogens (tertiary/aromatic N) is 1. The Morgan fingerprint density at radius 3 is 2.38 bits per heavy atom. The van der Waals surface area contributed by atoms with Gasteiger partial charge < -0.3 is 10.1 Å². The molecule has 5 heteroatoms. The van der Waals surface area contributed by atoms with E-state index in [9.17, 15) is 9.59 Å². The fourth-order valence-electron chi connectivity index (χ4n) is 1.87. The predicted octanol–water partition coefficient (Wildman–Crippen LogP) is 4.27. The van der Waals surface area contributed by atoms with Gasteiger partial charge >= 0.3 is 5.97 Å². The van der Waals surface area contributed by atoms with Crippen molar-refractivity contribution in [3.8, 4) is 0 Å². The molecule has 0 saturated carbocycles. The Morgan fingerprint density at radius 2 is 1.88 bits per heavy atom. The minimum Gasteiger partial charge on any atom is -0.471 e. The lowest BCUT2D eigenvalue weighted by Gasteiger charge is -2.17. The van der Waals surface area contributed by atoms with Gasteiger partial charge in [0.1, 0.15) is 0 Å². The third-order valence-electron chi connectivity index (χ3n) is 3.20. The molecule has 1 amide bonds. The first-order chi connectivity index (χ1) is 11.2. The SMILES string of the molecule is [C-]#[N+]C(=Cc1ccc(NC(=O)CCC(C)(C)C)cc1)C(=O)OCC. The van der Waals surface area contributed by atoms with Gasteiger partial charge in [0.05, 0.1) is 13.2 Å². The third-order valence-corrected chi connectivity index (χ3v) is 3.20. The second-order valence-electron chi connectivity index (χ2n) is 6.59. The van der Waals surface area contributed by atoms with Crippen molar-refractivity contribution in [2.24, 2.45) is 5.41 Å². The van der Waals surface area contributed by atoms with Crippen molar-refractivity contribution >= 4 is 23.6 Å². The number of amides is 1.